The third-order valence-electron chi connectivity index (χ3n) is 2.44. The van der Waals surface area contributed by atoms with Crippen molar-refractivity contribution in [2.45, 2.75) is 32.7 Å². The first-order chi connectivity index (χ1) is 5.77. The van der Waals surface area contributed by atoms with Gasteiger partial charge in [-0.1, -0.05) is 18.6 Å². The van der Waals surface area contributed by atoms with Gasteiger partial charge in [0.05, 0.1) is 12.1 Å². The summed E-state index contributed by atoms with van der Waals surface area (Å²) in [6.07, 6.45) is 4.53. The number of nitriles is 1. The van der Waals surface area contributed by atoms with E-state index in [9.17, 15) is 0 Å². The quantitative estimate of drug-likeness (QED) is 0.583. The molecule has 2 nitrogen and oxygen atoms in total. The van der Waals surface area contributed by atoms with Crippen molar-refractivity contribution < 1.29 is 0 Å². The van der Waals surface area contributed by atoms with Gasteiger partial charge in [0.1, 0.15) is 0 Å². The van der Waals surface area contributed by atoms with Crippen molar-refractivity contribution in [3.63, 3.8) is 0 Å². The van der Waals surface area contributed by atoms with E-state index >= 15 is 0 Å². The highest BCUT2D eigenvalue weighted by Crippen LogP contribution is 2.14. The summed E-state index contributed by atoms with van der Waals surface area (Å²) in [5.41, 5.74) is 1.48. The van der Waals surface area contributed by atoms with Crippen LogP contribution in [0.3, 0.4) is 0 Å². The lowest BCUT2D eigenvalue weighted by molar-refractivity contribution is 0.259. The van der Waals surface area contributed by atoms with E-state index < -0.39 is 0 Å². The summed E-state index contributed by atoms with van der Waals surface area (Å²) >= 11 is 0. The van der Waals surface area contributed by atoms with E-state index in [1.165, 1.54) is 5.57 Å². The van der Waals surface area contributed by atoms with Gasteiger partial charge in [-0.3, -0.25) is 4.90 Å². The molecule has 0 saturated heterocycles. The van der Waals surface area contributed by atoms with Crippen molar-refractivity contribution in [2.75, 3.05) is 13.1 Å². The molecule has 0 N–H and O–H groups in total. The summed E-state index contributed by atoms with van der Waals surface area (Å²) in [5, 5.41) is 8.73. The van der Waals surface area contributed by atoms with Gasteiger partial charge in [-0.25, -0.2) is 0 Å². The Morgan fingerprint density at radius 1 is 1.75 bits per heavy atom. The van der Waals surface area contributed by atoms with E-state index in [0.29, 0.717) is 0 Å². The number of nitrogens with zero attached hydrogens (tertiary/aromatic N) is 2. The average Bonchev–Trinajstić information content (AvgIpc) is 2.17. The van der Waals surface area contributed by atoms with Gasteiger partial charge in [0, 0.05) is 13.1 Å². The summed E-state index contributed by atoms with van der Waals surface area (Å²) in [5.74, 6) is 0. The van der Waals surface area contributed by atoms with Gasteiger partial charge in [-0.2, -0.15) is 5.26 Å². The summed E-state index contributed by atoms with van der Waals surface area (Å²) < 4.78 is 0. The van der Waals surface area contributed by atoms with Crippen molar-refractivity contribution in [2.24, 2.45) is 0 Å². The fourth-order valence-electron chi connectivity index (χ4n) is 1.51. The molecular weight excluding hydrogens is 148 g/mol. The fourth-order valence-corrected chi connectivity index (χ4v) is 1.51. The van der Waals surface area contributed by atoms with Crippen molar-refractivity contribution in [3.8, 4) is 6.07 Å². The van der Waals surface area contributed by atoms with Crippen LogP contribution in [0.25, 0.3) is 0 Å². The van der Waals surface area contributed by atoms with Crippen molar-refractivity contribution in [1.82, 2.24) is 4.90 Å². The van der Waals surface area contributed by atoms with Crippen LogP contribution in [0, 0.1) is 11.3 Å². The van der Waals surface area contributed by atoms with E-state index in [2.05, 4.69) is 24.0 Å². The van der Waals surface area contributed by atoms with Gasteiger partial charge in [-0.15, -0.1) is 0 Å². The molecule has 0 spiro atoms. The number of hydrogen-bond donors (Lipinski definition) is 0. The minimum atomic E-state index is 0.0697. The Morgan fingerprint density at radius 2 is 2.50 bits per heavy atom. The normalized spacial score (nSPS) is 21.2. The molecule has 1 unspecified atom stereocenters. The molecule has 0 saturated carbocycles. The zero-order chi connectivity index (χ0) is 8.97. The molecule has 12 heavy (non-hydrogen) atoms. The lowest BCUT2D eigenvalue weighted by atomic mass is 10.1. The third-order valence-corrected chi connectivity index (χ3v) is 2.44. The van der Waals surface area contributed by atoms with Crippen LogP contribution in [0.4, 0.5) is 0 Å². The van der Waals surface area contributed by atoms with Crippen LogP contribution in [-0.2, 0) is 0 Å². The zero-order valence-corrected chi connectivity index (χ0v) is 7.88. The summed E-state index contributed by atoms with van der Waals surface area (Å²) in [7, 11) is 0. The van der Waals surface area contributed by atoms with Gasteiger partial charge < -0.3 is 0 Å². The number of rotatable bonds is 2. The predicted octanol–water partition coefficient (Wildman–Crippen LogP) is 1.94. The highest BCUT2D eigenvalue weighted by Gasteiger charge is 2.16. The minimum Gasteiger partial charge on any atom is -0.284 e. The Labute approximate surface area is 74.5 Å². The second kappa shape index (κ2) is 4.27. The Kier molecular flexibility index (Phi) is 3.31. The first kappa shape index (κ1) is 9.28. The summed E-state index contributed by atoms with van der Waals surface area (Å²) in [4.78, 5) is 2.23. The van der Waals surface area contributed by atoms with Crippen molar-refractivity contribution in [1.29, 1.82) is 5.26 Å². The Morgan fingerprint density at radius 3 is 3.08 bits per heavy atom. The van der Waals surface area contributed by atoms with E-state index in [0.717, 1.165) is 25.9 Å². The first-order valence-electron chi connectivity index (χ1n) is 4.59. The van der Waals surface area contributed by atoms with Crippen LogP contribution in [0.2, 0.25) is 0 Å². The third kappa shape index (κ3) is 2.09. The topological polar surface area (TPSA) is 27.0 Å². The van der Waals surface area contributed by atoms with E-state index in [-0.39, 0.29) is 6.04 Å². The molecule has 1 rings (SSSR count). The van der Waals surface area contributed by atoms with Crippen LogP contribution < -0.4 is 0 Å². The summed E-state index contributed by atoms with van der Waals surface area (Å²) in [6, 6.07) is 2.35. The molecule has 0 amide bonds. The summed E-state index contributed by atoms with van der Waals surface area (Å²) in [6.45, 7) is 6.18. The van der Waals surface area contributed by atoms with E-state index in [1.54, 1.807) is 0 Å². The molecule has 1 atom stereocenters. The van der Waals surface area contributed by atoms with Gasteiger partial charge in [-0.05, 0) is 19.8 Å². The molecule has 2 heteroatoms. The molecule has 0 aliphatic carbocycles. The van der Waals surface area contributed by atoms with Gasteiger partial charge >= 0.3 is 0 Å². The Bertz CT molecular complexity index is 212. The zero-order valence-electron chi connectivity index (χ0n) is 7.88. The molecule has 1 aliphatic rings. The van der Waals surface area contributed by atoms with E-state index in [4.69, 9.17) is 5.26 Å². The van der Waals surface area contributed by atoms with Gasteiger partial charge in [0.15, 0.2) is 0 Å². The van der Waals surface area contributed by atoms with Crippen LogP contribution >= 0.6 is 0 Å². The Hall–Kier alpha value is -0.810. The lowest BCUT2D eigenvalue weighted by Gasteiger charge is -2.28. The first-order valence-corrected chi connectivity index (χ1v) is 4.59. The molecule has 0 radical (unpaired) electrons. The second-order valence-electron chi connectivity index (χ2n) is 3.28. The number of hydrogen-bond acceptors (Lipinski definition) is 2. The maximum atomic E-state index is 8.73. The molecular formula is C10H16N2. The molecule has 66 valence electrons. The van der Waals surface area contributed by atoms with Crippen LogP contribution in [0.5, 0.6) is 0 Å². The molecule has 0 aromatic heterocycles. The maximum Gasteiger partial charge on any atom is 0.0952 e. The fraction of sp³-hybridized carbons (Fsp3) is 0.700. The van der Waals surface area contributed by atoms with Crippen molar-refractivity contribution in [3.05, 3.63) is 11.6 Å². The van der Waals surface area contributed by atoms with Crippen LogP contribution in [0.1, 0.15) is 26.7 Å². The van der Waals surface area contributed by atoms with Crippen LogP contribution in [0.15, 0.2) is 11.6 Å². The second-order valence-corrected chi connectivity index (χ2v) is 3.28. The molecule has 0 aromatic carbocycles. The smallest absolute Gasteiger partial charge is 0.0952 e. The van der Waals surface area contributed by atoms with E-state index in [1.807, 2.05) is 6.92 Å². The van der Waals surface area contributed by atoms with Gasteiger partial charge in [0.2, 0.25) is 0 Å². The SMILES string of the molecule is CCC1=CCCN(C(C)C#N)C1. The molecule has 0 fully saturated rings. The van der Waals surface area contributed by atoms with Crippen molar-refractivity contribution >= 4 is 0 Å². The van der Waals surface area contributed by atoms with Gasteiger partial charge in [0.25, 0.3) is 0 Å². The molecule has 1 aliphatic heterocycles. The monoisotopic (exact) mass is 164 g/mol. The molecule has 0 bridgehead atoms. The lowest BCUT2D eigenvalue weighted by Crippen LogP contribution is -2.36. The maximum absolute atomic E-state index is 8.73. The minimum absolute atomic E-state index is 0.0697. The van der Waals surface area contributed by atoms with Crippen LogP contribution in [-0.4, -0.2) is 24.0 Å². The largest absolute Gasteiger partial charge is 0.284 e. The standard InChI is InChI=1S/C10H16N2/c1-3-10-5-4-6-12(8-10)9(2)7-11/h5,9H,3-4,6,8H2,1-2H3. The molecule has 1 heterocycles. The average molecular weight is 164 g/mol. The predicted molar refractivity (Wildman–Crippen MR) is 49.6 cm³/mol. The Balaban J connectivity index is 2.52. The highest BCUT2D eigenvalue weighted by molar-refractivity contribution is 5.09. The molecule has 0 aromatic rings. The highest BCUT2D eigenvalue weighted by atomic mass is 15.1.